The minimum atomic E-state index is -0.130. The van der Waals surface area contributed by atoms with E-state index in [1.165, 1.54) is 11.1 Å². The molecule has 5 nitrogen and oxygen atoms in total. The Bertz CT molecular complexity index is 587. The van der Waals surface area contributed by atoms with E-state index < -0.39 is 0 Å². The molecule has 1 aliphatic heterocycles. The van der Waals surface area contributed by atoms with Crippen LogP contribution < -0.4 is 10.6 Å². The van der Waals surface area contributed by atoms with Crippen LogP contribution in [0.4, 0.5) is 0 Å². The van der Waals surface area contributed by atoms with Crippen molar-refractivity contribution >= 4 is 5.96 Å². The van der Waals surface area contributed by atoms with Gasteiger partial charge in [-0.15, -0.1) is 0 Å². The first-order chi connectivity index (χ1) is 12.3. The lowest BCUT2D eigenvalue weighted by Gasteiger charge is -2.24. The number of aliphatic imine (C=N–C) groups is 1. The molecule has 0 saturated carbocycles. The third kappa shape index (κ3) is 7.34. The lowest BCUT2D eigenvalue weighted by Crippen LogP contribution is -2.45. The third-order valence-corrected chi connectivity index (χ3v) is 4.36. The number of nitrogens with one attached hydrogen (secondary N) is 2. The van der Waals surface area contributed by atoms with Crippen LogP contribution in [-0.4, -0.2) is 36.9 Å². The fraction of sp³-hybridized carbons (Fsp3) is 0.667. The van der Waals surface area contributed by atoms with E-state index in [9.17, 15) is 0 Å². The largest absolute Gasteiger partial charge is 0.373 e. The van der Waals surface area contributed by atoms with Gasteiger partial charge in [0.2, 0.25) is 0 Å². The van der Waals surface area contributed by atoms with Gasteiger partial charge in [-0.3, -0.25) is 0 Å². The van der Waals surface area contributed by atoms with Gasteiger partial charge in [-0.1, -0.05) is 24.3 Å². The van der Waals surface area contributed by atoms with Gasteiger partial charge in [0, 0.05) is 19.7 Å². The monoisotopic (exact) mass is 361 g/mol. The molecule has 1 saturated heterocycles. The molecule has 26 heavy (non-hydrogen) atoms. The number of hydrogen-bond acceptors (Lipinski definition) is 3. The average Bonchev–Trinajstić information content (AvgIpc) is 3.02. The zero-order valence-electron chi connectivity index (χ0n) is 17.0. The first kappa shape index (κ1) is 20.7. The predicted octanol–water partition coefficient (Wildman–Crippen LogP) is 3.63. The summed E-state index contributed by atoms with van der Waals surface area (Å²) in [5.74, 6) is 0.834. The summed E-state index contributed by atoms with van der Waals surface area (Å²) in [6.45, 7) is 14.2. The van der Waals surface area contributed by atoms with Gasteiger partial charge in [-0.2, -0.15) is 0 Å². The van der Waals surface area contributed by atoms with E-state index in [-0.39, 0.29) is 11.2 Å². The Morgan fingerprint density at radius 2 is 2.04 bits per heavy atom. The minimum Gasteiger partial charge on any atom is -0.373 e. The van der Waals surface area contributed by atoms with Crippen molar-refractivity contribution in [2.75, 3.05) is 19.7 Å². The first-order valence-electron chi connectivity index (χ1n) is 9.68. The molecule has 0 amide bonds. The van der Waals surface area contributed by atoms with Crippen molar-refractivity contribution in [2.24, 2.45) is 4.99 Å². The zero-order chi connectivity index (χ0) is 19.0. The number of nitrogens with zero attached hydrogens (tertiary/aromatic N) is 1. The Morgan fingerprint density at radius 3 is 2.69 bits per heavy atom. The lowest BCUT2D eigenvalue weighted by molar-refractivity contribution is -0.0149. The number of benzene rings is 1. The Kier molecular flexibility index (Phi) is 7.47. The average molecular weight is 362 g/mol. The molecular weight excluding hydrogens is 326 g/mol. The van der Waals surface area contributed by atoms with Gasteiger partial charge >= 0.3 is 0 Å². The number of guanidine groups is 1. The smallest absolute Gasteiger partial charge is 0.191 e. The Balaban J connectivity index is 1.93. The van der Waals surface area contributed by atoms with E-state index in [1.807, 2.05) is 0 Å². The molecular formula is C21H35N3O2. The quantitative estimate of drug-likeness (QED) is 0.575. The summed E-state index contributed by atoms with van der Waals surface area (Å²) >= 11 is 0. The molecule has 0 bridgehead atoms. The van der Waals surface area contributed by atoms with Crippen molar-refractivity contribution < 1.29 is 9.47 Å². The maximum Gasteiger partial charge on any atom is 0.191 e. The minimum absolute atomic E-state index is 0.0829. The number of hydrogen-bond donors (Lipinski definition) is 2. The fourth-order valence-electron chi connectivity index (χ4n) is 2.88. The van der Waals surface area contributed by atoms with Crippen molar-refractivity contribution in [1.82, 2.24) is 10.6 Å². The van der Waals surface area contributed by atoms with Crippen LogP contribution in [0, 0.1) is 0 Å². The highest BCUT2D eigenvalue weighted by molar-refractivity contribution is 5.79. The number of ether oxygens (including phenoxy) is 2. The SMILES string of the molecule is CCNC(=NCc1cccc(COC(C)(C)C)c1)NCC1(C)CCCO1. The van der Waals surface area contributed by atoms with Crippen LogP contribution in [0.25, 0.3) is 0 Å². The van der Waals surface area contributed by atoms with Crippen LogP contribution in [0.3, 0.4) is 0 Å². The van der Waals surface area contributed by atoms with Crippen molar-refractivity contribution in [3.63, 3.8) is 0 Å². The normalized spacial score (nSPS) is 21.0. The topological polar surface area (TPSA) is 54.9 Å². The highest BCUT2D eigenvalue weighted by atomic mass is 16.5. The van der Waals surface area contributed by atoms with Gasteiger partial charge in [-0.25, -0.2) is 4.99 Å². The standard InChI is InChI=1S/C21H35N3O2/c1-6-22-19(24-16-21(5)11-8-12-25-21)23-14-17-9-7-10-18(13-17)15-26-20(2,3)4/h7,9-10,13H,6,8,11-12,14-16H2,1-5H3,(H2,22,23,24). The van der Waals surface area contributed by atoms with Gasteiger partial charge in [0.1, 0.15) is 0 Å². The Labute approximate surface area is 158 Å². The van der Waals surface area contributed by atoms with Crippen molar-refractivity contribution in [3.8, 4) is 0 Å². The molecule has 1 aromatic carbocycles. The van der Waals surface area contributed by atoms with E-state index in [0.717, 1.165) is 38.5 Å². The highest BCUT2D eigenvalue weighted by Gasteiger charge is 2.29. The van der Waals surface area contributed by atoms with Crippen LogP contribution in [-0.2, 0) is 22.6 Å². The summed E-state index contributed by atoms with van der Waals surface area (Å²) in [6.07, 6.45) is 2.23. The second-order valence-electron chi connectivity index (χ2n) is 8.17. The summed E-state index contributed by atoms with van der Waals surface area (Å²) in [7, 11) is 0. The molecule has 1 heterocycles. The van der Waals surface area contributed by atoms with Gasteiger partial charge < -0.3 is 20.1 Å². The van der Waals surface area contributed by atoms with Gasteiger partial charge in [0.05, 0.1) is 24.4 Å². The van der Waals surface area contributed by atoms with Crippen LogP contribution in [0.5, 0.6) is 0 Å². The predicted molar refractivity (Wildman–Crippen MR) is 107 cm³/mol. The summed E-state index contributed by atoms with van der Waals surface area (Å²) < 4.78 is 11.7. The first-order valence-corrected chi connectivity index (χ1v) is 9.68. The molecule has 1 aromatic rings. The molecule has 0 spiro atoms. The van der Waals surface area contributed by atoms with Crippen LogP contribution in [0.15, 0.2) is 29.3 Å². The van der Waals surface area contributed by atoms with Gasteiger partial charge in [0.15, 0.2) is 5.96 Å². The molecule has 0 aromatic heterocycles. The van der Waals surface area contributed by atoms with E-state index in [1.54, 1.807) is 0 Å². The Hall–Kier alpha value is -1.59. The summed E-state index contributed by atoms with van der Waals surface area (Å²) in [4.78, 5) is 4.72. The second kappa shape index (κ2) is 9.38. The van der Waals surface area contributed by atoms with Gasteiger partial charge in [0.25, 0.3) is 0 Å². The molecule has 0 aliphatic carbocycles. The van der Waals surface area contributed by atoms with E-state index >= 15 is 0 Å². The van der Waals surface area contributed by atoms with E-state index in [0.29, 0.717) is 13.2 Å². The van der Waals surface area contributed by atoms with E-state index in [4.69, 9.17) is 14.5 Å². The van der Waals surface area contributed by atoms with Crippen molar-refractivity contribution in [2.45, 2.75) is 71.8 Å². The molecule has 1 aliphatic rings. The second-order valence-corrected chi connectivity index (χ2v) is 8.17. The summed E-state index contributed by atoms with van der Waals surface area (Å²) in [6, 6.07) is 8.44. The molecule has 1 atom stereocenters. The third-order valence-electron chi connectivity index (χ3n) is 4.36. The zero-order valence-corrected chi connectivity index (χ0v) is 17.0. The van der Waals surface area contributed by atoms with Crippen molar-refractivity contribution in [1.29, 1.82) is 0 Å². The molecule has 2 N–H and O–H groups in total. The van der Waals surface area contributed by atoms with Crippen LogP contribution in [0.2, 0.25) is 0 Å². The maximum absolute atomic E-state index is 5.87. The molecule has 1 unspecified atom stereocenters. The van der Waals surface area contributed by atoms with E-state index in [2.05, 4.69) is 69.5 Å². The Morgan fingerprint density at radius 1 is 1.27 bits per heavy atom. The highest BCUT2D eigenvalue weighted by Crippen LogP contribution is 2.23. The molecule has 5 heteroatoms. The van der Waals surface area contributed by atoms with Gasteiger partial charge in [-0.05, 0) is 58.6 Å². The molecule has 1 fully saturated rings. The van der Waals surface area contributed by atoms with Crippen LogP contribution >= 0.6 is 0 Å². The summed E-state index contributed by atoms with van der Waals surface area (Å²) in [5.41, 5.74) is 2.15. The maximum atomic E-state index is 5.87. The molecule has 146 valence electrons. The van der Waals surface area contributed by atoms with Crippen LogP contribution in [0.1, 0.15) is 58.6 Å². The lowest BCUT2D eigenvalue weighted by atomic mass is 10.0. The fourth-order valence-corrected chi connectivity index (χ4v) is 2.88. The van der Waals surface area contributed by atoms with Crippen molar-refractivity contribution in [3.05, 3.63) is 35.4 Å². The number of rotatable bonds is 7. The summed E-state index contributed by atoms with van der Waals surface area (Å²) in [5, 5.41) is 6.73. The molecule has 2 rings (SSSR count). The molecule has 0 radical (unpaired) electrons.